The van der Waals surface area contributed by atoms with E-state index in [-0.39, 0.29) is 11.9 Å². The average Bonchev–Trinajstić information content (AvgIpc) is 3.20. The number of aryl methyl sites for hydroxylation is 3. The fraction of sp³-hybridized carbons (Fsp3) is 0.526. The van der Waals surface area contributed by atoms with Crippen LogP contribution in [0, 0.1) is 0 Å². The maximum atomic E-state index is 13.2. The smallest absolute Gasteiger partial charge is 0.264 e. The Morgan fingerprint density at radius 2 is 2.25 bits per heavy atom. The Hall–Kier alpha value is -1.59. The molecule has 0 aliphatic carbocycles. The number of amides is 1. The van der Waals surface area contributed by atoms with Gasteiger partial charge in [-0.3, -0.25) is 4.79 Å². The second-order valence-electron chi connectivity index (χ2n) is 6.30. The molecule has 1 fully saturated rings. The largest absolute Gasteiger partial charge is 0.377 e. The molecule has 3 rings (SSSR count). The Labute approximate surface area is 148 Å². The van der Waals surface area contributed by atoms with E-state index in [0.717, 1.165) is 29.8 Å². The Morgan fingerprint density at radius 3 is 2.92 bits per heavy atom. The van der Waals surface area contributed by atoms with Crippen molar-refractivity contribution in [1.29, 1.82) is 0 Å². The molecule has 3 heterocycles. The van der Waals surface area contributed by atoms with Gasteiger partial charge in [-0.05, 0) is 36.6 Å². The van der Waals surface area contributed by atoms with Crippen LogP contribution in [0.4, 0.5) is 0 Å². The lowest BCUT2D eigenvalue weighted by molar-refractivity contribution is -0.00437. The van der Waals surface area contributed by atoms with Gasteiger partial charge >= 0.3 is 0 Å². The van der Waals surface area contributed by atoms with Gasteiger partial charge in [0, 0.05) is 30.4 Å². The van der Waals surface area contributed by atoms with Crippen molar-refractivity contribution in [2.45, 2.75) is 39.2 Å². The van der Waals surface area contributed by atoms with Crippen LogP contribution in [0.25, 0.3) is 0 Å². The second-order valence-corrected chi connectivity index (χ2v) is 7.43. The summed E-state index contributed by atoms with van der Waals surface area (Å²) in [6.07, 6.45) is 5.19. The molecule has 4 nitrogen and oxygen atoms in total. The number of nitrogens with zero attached hydrogens (tertiary/aromatic N) is 2. The van der Waals surface area contributed by atoms with Gasteiger partial charge in [-0.15, -0.1) is 11.3 Å². The third-order valence-corrected chi connectivity index (χ3v) is 5.91. The van der Waals surface area contributed by atoms with E-state index >= 15 is 0 Å². The first kappa shape index (κ1) is 17.2. The first-order valence-corrected chi connectivity index (χ1v) is 9.58. The standard InChI is InChI=1S/C19H26N2O2S/c1-4-7-17-14(5-2)12-18(24-17)19(22)21-10-11-23-13-16(21)15-8-6-9-20(15)3/h6,8-9,12,16H,4-5,7,10-11,13H2,1-3H3/t16-/m1/s1. The zero-order valence-electron chi connectivity index (χ0n) is 14.7. The van der Waals surface area contributed by atoms with Crippen molar-refractivity contribution < 1.29 is 9.53 Å². The van der Waals surface area contributed by atoms with E-state index in [2.05, 4.69) is 30.5 Å². The molecule has 5 heteroatoms. The molecule has 1 saturated heterocycles. The number of ether oxygens (including phenoxy) is 1. The van der Waals surface area contributed by atoms with Crippen LogP contribution < -0.4 is 0 Å². The molecule has 0 saturated carbocycles. The zero-order valence-corrected chi connectivity index (χ0v) is 15.6. The summed E-state index contributed by atoms with van der Waals surface area (Å²) < 4.78 is 7.74. The molecule has 1 aliphatic rings. The van der Waals surface area contributed by atoms with Crippen LogP contribution in [0.1, 0.15) is 52.1 Å². The number of hydrogen-bond donors (Lipinski definition) is 0. The minimum absolute atomic E-state index is 0.00643. The molecular weight excluding hydrogens is 320 g/mol. The first-order chi connectivity index (χ1) is 11.7. The van der Waals surface area contributed by atoms with Crippen LogP contribution in [0.2, 0.25) is 0 Å². The predicted molar refractivity (Wildman–Crippen MR) is 97.7 cm³/mol. The SMILES string of the molecule is CCCc1sc(C(=O)N2CCOC[C@@H]2c2cccn2C)cc1CC. The average molecular weight is 346 g/mol. The van der Waals surface area contributed by atoms with Gasteiger partial charge in [-0.25, -0.2) is 0 Å². The summed E-state index contributed by atoms with van der Waals surface area (Å²) in [4.78, 5) is 17.4. The Bertz CT molecular complexity index is 704. The molecule has 0 aromatic carbocycles. The van der Waals surface area contributed by atoms with Crippen molar-refractivity contribution in [3.8, 4) is 0 Å². The minimum atomic E-state index is -0.00643. The summed E-state index contributed by atoms with van der Waals surface area (Å²) >= 11 is 1.68. The van der Waals surface area contributed by atoms with Crippen LogP contribution in [-0.2, 0) is 24.6 Å². The van der Waals surface area contributed by atoms with Crippen molar-refractivity contribution in [2.24, 2.45) is 7.05 Å². The van der Waals surface area contributed by atoms with E-state index in [1.54, 1.807) is 11.3 Å². The van der Waals surface area contributed by atoms with E-state index in [1.165, 1.54) is 10.4 Å². The summed E-state index contributed by atoms with van der Waals surface area (Å²) in [5.74, 6) is 0.145. The Kier molecular flexibility index (Phi) is 5.41. The summed E-state index contributed by atoms with van der Waals surface area (Å²) in [5, 5.41) is 0. The molecule has 2 aromatic rings. The number of morpholine rings is 1. The molecule has 1 atom stereocenters. The fourth-order valence-electron chi connectivity index (χ4n) is 3.36. The lowest BCUT2D eigenvalue weighted by Gasteiger charge is -2.35. The number of carbonyl (C=O) groups excluding carboxylic acids is 1. The van der Waals surface area contributed by atoms with Crippen molar-refractivity contribution in [1.82, 2.24) is 9.47 Å². The minimum Gasteiger partial charge on any atom is -0.377 e. The van der Waals surface area contributed by atoms with Gasteiger partial charge in [-0.1, -0.05) is 20.3 Å². The summed E-state index contributed by atoms with van der Waals surface area (Å²) in [6.45, 7) is 6.18. The molecule has 1 aliphatic heterocycles. The third kappa shape index (κ3) is 3.28. The number of thiophene rings is 1. The highest BCUT2D eigenvalue weighted by molar-refractivity contribution is 7.14. The Morgan fingerprint density at radius 1 is 1.42 bits per heavy atom. The van der Waals surface area contributed by atoms with Crippen molar-refractivity contribution in [3.05, 3.63) is 45.4 Å². The fourth-order valence-corrected chi connectivity index (χ4v) is 4.68. The lowest BCUT2D eigenvalue weighted by atomic mass is 10.1. The van der Waals surface area contributed by atoms with Crippen LogP contribution in [0.15, 0.2) is 24.4 Å². The number of hydrogen-bond acceptors (Lipinski definition) is 3. The second kappa shape index (κ2) is 7.53. The number of rotatable bonds is 5. The molecule has 0 radical (unpaired) electrons. The van der Waals surface area contributed by atoms with Gasteiger partial charge in [0.15, 0.2) is 0 Å². The monoisotopic (exact) mass is 346 g/mol. The van der Waals surface area contributed by atoms with Crippen LogP contribution in [0.3, 0.4) is 0 Å². The van der Waals surface area contributed by atoms with Gasteiger partial charge in [0.25, 0.3) is 5.91 Å². The highest BCUT2D eigenvalue weighted by Gasteiger charge is 2.31. The first-order valence-electron chi connectivity index (χ1n) is 8.77. The molecule has 0 bridgehead atoms. The van der Waals surface area contributed by atoms with Gasteiger partial charge in [0.05, 0.1) is 24.1 Å². The van der Waals surface area contributed by atoms with Crippen molar-refractivity contribution >= 4 is 17.2 Å². The van der Waals surface area contributed by atoms with E-state index in [1.807, 2.05) is 24.2 Å². The molecular formula is C19H26N2O2S. The normalized spacial score (nSPS) is 18.1. The maximum absolute atomic E-state index is 13.2. The van der Waals surface area contributed by atoms with Crippen LogP contribution >= 0.6 is 11.3 Å². The van der Waals surface area contributed by atoms with Crippen molar-refractivity contribution in [2.75, 3.05) is 19.8 Å². The lowest BCUT2D eigenvalue weighted by Crippen LogP contribution is -2.43. The van der Waals surface area contributed by atoms with Crippen LogP contribution in [-0.4, -0.2) is 35.1 Å². The quantitative estimate of drug-likeness (QED) is 0.825. The molecule has 1 amide bonds. The molecule has 130 valence electrons. The highest BCUT2D eigenvalue weighted by atomic mass is 32.1. The van der Waals surface area contributed by atoms with Gasteiger partial charge in [0.1, 0.15) is 0 Å². The predicted octanol–water partition coefficient (Wildman–Crippen LogP) is 3.82. The summed E-state index contributed by atoms with van der Waals surface area (Å²) in [5.41, 5.74) is 2.46. The topological polar surface area (TPSA) is 34.5 Å². The maximum Gasteiger partial charge on any atom is 0.264 e. The molecule has 2 aromatic heterocycles. The third-order valence-electron chi connectivity index (χ3n) is 4.68. The molecule has 24 heavy (non-hydrogen) atoms. The number of aromatic nitrogens is 1. The van der Waals surface area contributed by atoms with E-state index < -0.39 is 0 Å². The highest BCUT2D eigenvalue weighted by Crippen LogP contribution is 2.30. The zero-order chi connectivity index (χ0) is 17.1. The summed E-state index contributed by atoms with van der Waals surface area (Å²) in [7, 11) is 2.02. The van der Waals surface area contributed by atoms with Crippen molar-refractivity contribution in [3.63, 3.8) is 0 Å². The molecule has 0 N–H and O–H groups in total. The van der Waals surface area contributed by atoms with E-state index in [9.17, 15) is 4.79 Å². The van der Waals surface area contributed by atoms with E-state index in [0.29, 0.717) is 19.8 Å². The van der Waals surface area contributed by atoms with Gasteiger partial charge in [-0.2, -0.15) is 0 Å². The molecule has 0 spiro atoms. The van der Waals surface area contributed by atoms with Gasteiger partial charge in [0.2, 0.25) is 0 Å². The van der Waals surface area contributed by atoms with E-state index in [4.69, 9.17) is 4.74 Å². The van der Waals surface area contributed by atoms with Crippen LogP contribution in [0.5, 0.6) is 0 Å². The van der Waals surface area contributed by atoms with Gasteiger partial charge < -0.3 is 14.2 Å². The molecule has 0 unspecified atom stereocenters. The summed E-state index contributed by atoms with van der Waals surface area (Å²) in [6, 6.07) is 6.20. The Balaban J connectivity index is 1.88. The number of carbonyl (C=O) groups is 1.